The maximum Gasteiger partial charge on any atom is 0.297 e. The van der Waals surface area contributed by atoms with Gasteiger partial charge >= 0.3 is 0 Å². The number of rotatable bonds is 3. The fourth-order valence-corrected chi connectivity index (χ4v) is 1.51. The van der Waals surface area contributed by atoms with Crippen molar-refractivity contribution >= 4 is 17.3 Å². The van der Waals surface area contributed by atoms with Crippen LogP contribution in [0.5, 0.6) is 0 Å². The molecule has 94 valence electrons. The molecule has 0 radical (unpaired) electrons. The molecule has 0 amide bonds. The van der Waals surface area contributed by atoms with E-state index in [4.69, 9.17) is 11.6 Å². The van der Waals surface area contributed by atoms with E-state index in [0.717, 1.165) is 12.1 Å². The van der Waals surface area contributed by atoms with Crippen LogP contribution in [0.15, 0.2) is 24.4 Å². The van der Waals surface area contributed by atoms with E-state index >= 15 is 0 Å². The van der Waals surface area contributed by atoms with Gasteiger partial charge in [-0.15, -0.1) is 16.7 Å². The number of benzene rings is 1. The lowest BCUT2D eigenvalue weighted by molar-refractivity contribution is -0.384. The normalized spacial score (nSPS) is 12.4. The Labute approximate surface area is 106 Å². The number of hydrogen-bond donors (Lipinski definition) is 0. The van der Waals surface area contributed by atoms with Crippen molar-refractivity contribution in [1.82, 2.24) is 15.0 Å². The summed E-state index contributed by atoms with van der Waals surface area (Å²) in [6.45, 7) is 1.70. The van der Waals surface area contributed by atoms with Crippen LogP contribution in [0.3, 0.4) is 0 Å². The number of hydrogen-bond acceptors (Lipinski definition) is 4. The molecule has 0 spiro atoms. The highest BCUT2D eigenvalue weighted by Gasteiger charge is 2.18. The van der Waals surface area contributed by atoms with E-state index in [2.05, 4.69) is 10.3 Å². The van der Waals surface area contributed by atoms with Crippen molar-refractivity contribution in [3.8, 4) is 5.69 Å². The third-order valence-electron chi connectivity index (χ3n) is 2.30. The summed E-state index contributed by atoms with van der Waals surface area (Å²) in [4.78, 5) is 10.2. The second kappa shape index (κ2) is 4.69. The average Bonchev–Trinajstić information content (AvgIpc) is 2.78. The summed E-state index contributed by atoms with van der Waals surface area (Å²) in [6.07, 6.45) is 1.47. The van der Waals surface area contributed by atoms with Crippen LogP contribution in [0.1, 0.15) is 18.0 Å². The van der Waals surface area contributed by atoms with Crippen LogP contribution in [0, 0.1) is 15.9 Å². The Morgan fingerprint density at radius 3 is 2.83 bits per heavy atom. The molecule has 0 fully saturated rings. The molecule has 1 aromatic heterocycles. The molecule has 8 heteroatoms. The fourth-order valence-electron chi connectivity index (χ4n) is 1.41. The van der Waals surface area contributed by atoms with Gasteiger partial charge in [0.05, 0.1) is 22.6 Å². The van der Waals surface area contributed by atoms with Crippen LogP contribution in [-0.4, -0.2) is 19.9 Å². The average molecular weight is 271 g/mol. The smallest absolute Gasteiger partial charge is 0.258 e. The van der Waals surface area contributed by atoms with Gasteiger partial charge in [0.25, 0.3) is 5.69 Å². The topological polar surface area (TPSA) is 73.8 Å². The second-order valence-corrected chi connectivity index (χ2v) is 4.25. The zero-order valence-corrected chi connectivity index (χ0v) is 10.0. The van der Waals surface area contributed by atoms with Crippen molar-refractivity contribution in [3.63, 3.8) is 0 Å². The number of nitro benzene ring substituents is 1. The Balaban J connectivity index is 2.52. The third kappa shape index (κ3) is 2.30. The highest BCUT2D eigenvalue weighted by atomic mass is 35.5. The Bertz CT molecular complexity index is 599. The molecular weight excluding hydrogens is 263 g/mol. The standard InChI is InChI=1S/C10H8ClFN4O2/c1-6(11)8-5-15(14-13-8)9-3-2-7(12)4-10(9)16(17)18/h2-6H,1H3. The van der Waals surface area contributed by atoms with Crippen molar-refractivity contribution in [2.75, 3.05) is 0 Å². The molecule has 0 aliphatic carbocycles. The SMILES string of the molecule is CC(Cl)c1cn(-c2ccc(F)cc2[N+](=O)[O-])nn1. The lowest BCUT2D eigenvalue weighted by Crippen LogP contribution is -2.01. The molecular formula is C10H8ClFN4O2. The van der Waals surface area contributed by atoms with Gasteiger partial charge in [-0.05, 0) is 19.1 Å². The van der Waals surface area contributed by atoms with Gasteiger partial charge in [0.15, 0.2) is 0 Å². The molecule has 18 heavy (non-hydrogen) atoms. The van der Waals surface area contributed by atoms with Gasteiger partial charge in [0, 0.05) is 0 Å². The summed E-state index contributed by atoms with van der Waals surface area (Å²) >= 11 is 5.82. The summed E-state index contributed by atoms with van der Waals surface area (Å²) in [5.74, 6) is -0.684. The summed E-state index contributed by atoms with van der Waals surface area (Å²) in [6, 6.07) is 3.22. The molecule has 0 N–H and O–H groups in total. The van der Waals surface area contributed by atoms with Gasteiger partial charge in [-0.1, -0.05) is 5.21 Å². The zero-order chi connectivity index (χ0) is 13.3. The molecule has 0 bridgehead atoms. The molecule has 1 aromatic carbocycles. The minimum atomic E-state index is -0.684. The van der Waals surface area contributed by atoms with E-state index in [1.165, 1.54) is 16.9 Å². The Hall–Kier alpha value is -2.02. The van der Waals surface area contributed by atoms with Gasteiger partial charge in [0.2, 0.25) is 0 Å². The minimum Gasteiger partial charge on any atom is -0.258 e. The van der Waals surface area contributed by atoms with Gasteiger partial charge in [-0.2, -0.15) is 0 Å². The monoisotopic (exact) mass is 270 g/mol. The molecule has 0 aliphatic rings. The predicted molar refractivity (Wildman–Crippen MR) is 62.2 cm³/mol. The third-order valence-corrected chi connectivity index (χ3v) is 2.52. The largest absolute Gasteiger partial charge is 0.297 e. The first-order chi connectivity index (χ1) is 8.49. The van der Waals surface area contributed by atoms with Crippen molar-refractivity contribution in [1.29, 1.82) is 0 Å². The Morgan fingerprint density at radius 2 is 2.28 bits per heavy atom. The van der Waals surface area contributed by atoms with Crippen LogP contribution >= 0.6 is 11.6 Å². The first-order valence-electron chi connectivity index (χ1n) is 4.99. The Morgan fingerprint density at radius 1 is 1.56 bits per heavy atom. The molecule has 1 heterocycles. The van der Waals surface area contributed by atoms with Crippen LogP contribution in [0.2, 0.25) is 0 Å². The Kier molecular flexibility index (Phi) is 3.24. The van der Waals surface area contributed by atoms with Gasteiger partial charge in [-0.25, -0.2) is 9.07 Å². The molecule has 2 rings (SSSR count). The fraction of sp³-hybridized carbons (Fsp3) is 0.200. The number of aromatic nitrogens is 3. The lowest BCUT2D eigenvalue weighted by atomic mass is 10.2. The van der Waals surface area contributed by atoms with Crippen molar-refractivity contribution in [2.24, 2.45) is 0 Å². The molecule has 0 saturated carbocycles. The van der Waals surface area contributed by atoms with Gasteiger partial charge in [0.1, 0.15) is 17.2 Å². The molecule has 0 saturated heterocycles. The first-order valence-corrected chi connectivity index (χ1v) is 5.43. The summed E-state index contributed by atoms with van der Waals surface area (Å²) < 4.78 is 14.2. The van der Waals surface area contributed by atoms with Crippen molar-refractivity contribution in [2.45, 2.75) is 12.3 Å². The molecule has 1 unspecified atom stereocenters. The highest BCUT2D eigenvalue weighted by molar-refractivity contribution is 6.20. The van der Waals surface area contributed by atoms with Crippen molar-refractivity contribution < 1.29 is 9.31 Å². The van der Waals surface area contributed by atoms with Gasteiger partial charge in [-0.3, -0.25) is 10.1 Å². The summed E-state index contributed by atoms with van der Waals surface area (Å²) in [7, 11) is 0. The summed E-state index contributed by atoms with van der Waals surface area (Å²) in [5, 5.41) is 18.0. The zero-order valence-electron chi connectivity index (χ0n) is 9.25. The van der Waals surface area contributed by atoms with E-state index in [9.17, 15) is 14.5 Å². The van der Waals surface area contributed by atoms with E-state index in [0.29, 0.717) is 5.69 Å². The molecule has 6 nitrogen and oxygen atoms in total. The molecule has 0 aliphatic heterocycles. The van der Waals surface area contributed by atoms with E-state index in [1.807, 2.05) is 0 Å². The van der Waals surface area contributed by atoms with Crippen LogP contribution < -0.4 is 0 Å². The van der Waals surface area contributed by atoms with E-state index in [-0.39, 0.29) is 16.8 Å². The predicted octanol–water partition coefficient (Wildman–Crippen LogP) is 2.61. The number of nitrogens with zero attached hydrogens (tertiary/aromatic N) is 4. The van der Waals surface area contributed by atoms with Crippen LogP contribution in [0.4, 0.5) is 10.1 Å². The van der Waals surface area contributed by atoms with Crippen LogP contribution in [-0.2, 0) is 0 Å². The highest BCUT2D eigenvalue weighted by Crippen LogP contribution is 2.24. The molecule has 2 aromatic rings. The number of alkyl halides is 1. The molecule has 1 atom stereocenters. The second-order valence-electron chi connectivity index (χ2n) is 3.59. The van der Waals surface area contributed by atoms with Crippen LogP contribution in [0.25, 0.3) is 5.69 Å². The minimum absolute atomic E-state index is 0.137. The van der Waals surface area contributed by atoms with E-state index in [1.54, 1.807) is 6.92 Å². The van der Waals surface area contributed by atoms with E-state index < -0.39 is 10.7 Å². The maximum absolute atomic E-state index is 13.0. The lowest BCUT2D eigenvalue weighted by Gasteiger charge is -2.01. The number of nitro groups is 1. The van der Waals surface area contributed by atoms with Crippen molar-refractivity contribution in [3.05, 3.63) is 46.0 Å². The quantitative estimate of drug-likeness (QED) is 0.488. The van der Waals surface area contributed by atoms with Gasteiger partial charge < -0.3 is 0 Å². The summed E-state index contributed by atoms with van der Waals surface area (Å²) in [5.41, 5.74) is 0.237. The number of halogens is 2. The first kappa shape index (κ1) is 12.4. The maximum atomic E-state index is 13.0.